The van der Waals surface area contributed by atoms with Gasteiger partial charge in [-0.05, 0) is 25.7 Å². The molecule has 21 heavy (non-hydrogen) atoms. The van der Waals surface area contributed by atoms with E-state index in [4.69, 9.17) is 9.47 Å². The summed E-state index contributed by atoms with van der Waals surface area (Å²) in [7, 11) is 1.63. The zero-order valence-corrected chi connectivity index (χ0v) is 13.2. The molecular weight excluding hydrogens is 290 g/mol. The van der Waals surface area contributed by atoms with Crippen LogP contribution >= 0.6 is 11.3 Å². The highest BCUT2D eigenvalue weighted by Crippen LogP contribution is 2.36. The van der Waals surface area contributed by atoms with Gasteiger partial charge < -0.3 is 14.4 Å². The Kier molecular flexibility index (Phi) is 4.42. The lowest BCUT2D eigenvalue weighted by Crippen LogP contribution is -2.51. The van der Waals surface area contributed by atoms with Gasteiger partial charge in [0.1, 0.15) is 0 Å². The largest absolute Gasteiger partial charge is 0.378 e. The van der Waals surface area contributed by atoms with Gasteiger partial charge in [-0.3, -0.25) is 5.32 Å². The van der Waals surface area contributed by atoms with E-state index in [-0.39, 0.29) is 18.2 Å². The van der Waals surface area contributed by atoms with Crippen LogP contribution in [0.15, 0.2) is 5.38 Å². The first-order chi connectivity index (χ1) is 10.2. The molecule has 116 valence electrons. The third-order valence-electron chi connectivity index (χ3n) is 3.78. The van der Waals surface area contributed by atoms with Crippen molar-refractivity contribution in [1.29, 1.82) is 0 Å². The summed E-state index contributed by atoms with van der Waals surface area (Å²) in [6.07, 6.45) is 2.73. The van der Waals surface area contributed by atoms with E-state index in [1.165, 1.54) is 24.2 Å². The monoisotopic (exact) mass is 311 g/mol. The van der Waals surface area contributed by atoms with Crippen LogP contribution in [0.5, 0.6) is 0 Å². The third-order valence-corrected chi connectivity index (χ3v) is 4.58. The average molecular weight is 311 g/mol. The zero-order chi connectivity index (χ0) is 14.8. The van der Waals surface area contributed by atoms with E-state index >= 15 is 0 Å². The molecule has 2 aliphatic rings. The van der Waals surface area contributed by atoms with Gasteiger partial charge in [-0.15, -0.1) is 11.3 Å². The van der Waals surface area contributed by atoms with Crippen molar-refractivity contribution < 1.29 is 14.3 Å². The molecule has 6 nitrogen and oxygen atoms in total. The molecule has 2 amide bonds. The molecule has 1 aliphatic carbocycles. The normalized spacial score (nSPS) is 25.9. The van der Waals surface area contributed by atoms with Crippen LogP contribution in [0.4, 0.5) is 9.93 Å². The minimum absolute atomic E-state index is 0.0888. The number of nitrogens with one attached hydrogen (secondary N) is 1. The number of anilines is 1. The Morgan fingerprint density at radius 3 is 3.10 bits per heavy atom. The molecule has 7 heteroatoms. The van der Waals surface area contributed by atoms with Gasteiger partial charge >= 0.3 is 6.03 Å². The number of aromatic nitrogens is 1. The molecular formula is C14H21N3O3S. The Labute approximate surface area is 128 Å². The van der Waals surface area contributed by atoms with Crippen LogP contribution in [0.3, 0.4) is 0 Å². The molecule has 0 unspecified atom stereocenters. The number of nitrogens with zero attached hydrogens (tertiary/aromatic N) is 2. The predicted molar refractivity (Wildman–Crippen MR) is 80.5 cm³/mol. The lowest BCUT2D eigenvalue weighted by Gasteiger charge is -2.36. The predicted octanol–water partition coefficient (Wildman–Crippen LogP) is 2.32. The minimum Gasteiger partial charge on any atom is -0.378 e. The summed E-state index contributed by atoms with van der Waals surface area (Å²) in [6, 6.07) is -0.0888. The molecule has 2 atom stereocenters. The maximum atomic E-state index is 12.4. The first-order valence-corrected chi connectivity index (χ1v) is 8.18. The van der Waals surface area contributed by atoms with Gasteiger partial charge in [-0.1, -0.05) is 0 Å². The zero-order valence-electron chi connectivity index (χ0n) is 12.4. The van der Waals surface area contributed by atoms with Gasteiger partial charge in [0, 0.05) is 25.6 Å². The molecule has 0 aromatic carbocycles. The van der Waals surface area contributed by atoms with Gasteiger partial charge in [0.15, 0.2) is 5.13 Å². The van der Waals surface area contributed by atoms with Gasteiger partial charge in [0.25, 0.3) is 0 Å². The van der Waals surface area contributed by atoms with Crippen molar-refractivity contribution in [3.05, 3.63) is 11.1 Å². The number of rotatable bonds is 4. The number of urea groups is 1. The van der Waals surface area contributed by atoms with Crippen molar-refractivity contribution in [1.82, 2.24) is 9.88 Å². The highest BCUT2D eigenvalue weighted by Gasteiger charge is 2.38. The third kappa shape index (κ3) is 3.72. The van der Waals surface area contributed by atoms with Crippen LogP contribution in [0.25, 0.3) is 0 Å². The number of hydrogen-bond donors (Lipinski definition) is 1. The van der Waals surface area contributed by atoms with Gasteiger partial charge in [-0.25, -0.2) is 9.78 Å². The van der Waals surface area contributed by atoms with Crippen molar-refractivity contribution in [3.63, 3.8) is 0 Å². The summed E-state index contributed by atoms with van der Waals surface area (Å²) in [5.74, 6) is 0.635. The molecule has 1 aliphatic heterocycles. The minimum atomic E-state index is -0.0888. The van der Waals surface area contributed by atoms with Crippen molar-refractivity contribution in [2.75, 3.05) is 25.5 Å². The second-order valence-corrected chi connectivity index (χ2v) is 6.59. The SMILES string of the molecule is COCc1csc(NC(=O)N2C[C@@H](C3CC3)O[C@@H](C)C2)n1. The summed E-state index contributed by atoms with van der Waals surface area (Å²) in [6.45, 7) is 3.79. The Bertz CT molecular complexity index is 503. The number of thiazole rings is 1. The van der Waals surface area contributed by atoms with Crippen molar-refractivity contribution >= 4 is 22.5 Å². The van der Waals surface area contributed by atoms with Crippen molar-refractivity contribution in [2.24, 2.45) is 5.92 Å². The molecule has 2 heterocycles. The first kappa shape index (κ1) is 14.7. The molecule has 2 fully saturated rings. The molecule has 0 spiro atoms. The quantitative estimate of drug-likeness (QED) is 0.927. The van der Waals surface area contributed by atoms with E-state index < -0.39 is 0 Å². The molecule has 1 aromatic heterocycles. The second-order valence-electron chi connectivity index (χ2n) is 5.73. The van der Waals surface area contributed by atoms with E-state index in [9.17, 15) is 4.79 Å². The molecule has 1 N–H and O–H groups in total. The molecule has 0 bridgehead atoms. The van der Waals surface area contributed by atoms with Crippen molar-refractivity contribution in [2.45, 2.75) is 38.6 Å². The number of methoxy groups -OCH3 is 1. The summed E-state index contributed by atoms with van der Waals surface area (Å²) >= 11 is 1.42. The first-order valence-electron chi connectivity index (χ1n) is 7.30. The number of amides is 2. The Morgan fingerprint density at radius 2 is 2.38 bits per heavy atom. The molecule has 3 rings (SSSR count). The van der Waals surface area contributed by atoms with Gasteiger partial charge in [-0.2, -0.15) is 0 Å². The number of ether oxygens (including phenoxy) is 2. The van der Waals surface area contributed by atoms with Crippen LogP contribution in [-0.4, -0.2) is 48.3 Å². The molecule has 1 saturated heterocycles. The molecule has 1 aromatic rings. The van der Waals surface area contributed by atoms with E-state index in [1.807, 2.05) is 17.2 Å². The fourth-order valence-corrected chi connectivity index (χ4v) is 3.31. The van der Waals surface area contributed by atoms with E-state index in [1.54, 1.807) is 7.11 Å². The lowest BCUT2D eigenvalue weighted by molar-refractivity contribution is -0.0717. The highest BCUT2D eigenvalue weighted by molar-refractivity contribution is 7.13. The summed E-state index contributed by atoms with van der Waals surface area (Å²) < 4.78 is 11.0. The van der Waals surface area contributed by atoms with Crippen LogP contribution in [0.2, 0.25) is 0 Å². The van der Waals surface area contributed by atoms with Crippen LogP contribution in [0, 0.1) is 5.92 Å². The number of carbonyl (C=O) groups excluding carboxylic acids is 1. The fraction of sp³-hybridized carbons (Fsp3) is 0.714. The standard InChI is InChI=1S/C14H21N3O3S/c1-9-5-17(6-12(20-9)10-3-4-10)14(18)16-13-15-11(7-19-2)8-21-13/h8-10,12H,3-7H2,1-2H3,(H,15,16,18)/t9-,12-/m0/s1. The average Bonchev–Trinajstić information content (AvgIpc) is 3.21. The Balaban J connectivity index is 1.58. The summed E-state index contributed by atoms with van der Waals surface area (Å²) in [4.78, 5) is 18.5. The number of morpholine rings is 1. The fourth-order valence-electron chi connectivity index (χ4n) is 2.63. The second kappa shape index (κ2) is 6.29. The smallest absolute Gasteiger partial charge is 0.323 e. The lowest BCUT2D eigenvalue weighted by atomic mass is 10.1. The van der Waals surface area contributed by atoms with Gasteiger partial charge in [0.05, 0.1) is 24.5 Å². The summed E-state index contributed by atoms with van der Waals surface area (Å²) in [5.41, 5.74) is 0.837. The van der Waals surface area contributed by atoms with Gasteiger partial charge in [0.2, 0.25) is 0 Å². The Hall–Kier alpha value is -1.18. The maximum absolute atomic E-state index is 12.4. The maximum Gasteiger partial charge on any atom is 0.323 e. The van der Waals surface area contributed by atoms with E-state index in [2.05, 4.69) is 10.3 Å². The number of carbonyl (C=O) groups is 1. The highest BCUT2D eigenvalue weighted by atomic mass is 32.1. The summed E-state index contributed by atoms with van der Waals surface area (Å²) in [5, 5.41) is 5.39. The van der Waals surface area contributed by atoms with Crippen LogP contribution in [0.1, 0.15) is 25.5 Å². The number of hydrogen-bond acceptors (Lipinski definition) is 5. The van der Waals surface area contributed by atoms with E-state index in [0.717, 1.165) is 5.69 Å². The molecule has 0 radical (unpaired) electrons. The molecule has 1 saturated carbocycles. The van der Waals surface area contributed by atoms with Crippen molar-refractivity contribution in [3.8, 4) is 0 Å². The Morgan fingerprint density at radius 1 is 1.57 bits per heavy atom. The van der Waals surface area contributed by atoms with E-state index in [0.29, 0.717) is 30.7 Å². The van der Waals surface area contributed by atoms with Crippen LogP contribution in [-0.2, 0) is 16.1 Å². The topological polar surface area (TPSA) is 63.7 Å². The van der Waals surface area contributed by atoms with Crippen LogP contribution < -0.4 is 5.32 Å².